The summed E-state index contributed by atoms with van der Waals surface area (Å²) in [5.41, 5.74) is 1.28. The molecule has 2 fully saturated rings. The third kappa shape index (κ3) is 12.4. The van der Waals surface area contributed by atoms with Crippen LogP contribution in [0.25, 0.3) is 0 Å². The van der Waals surface area contributed by atoms with Crippen LogP contribution in [0, 0.1) is 0 Å². The summed E-state index contributed by atoms with van der Waals surface area (Å²) in [7, 11) is 1.60. The first-order chi connectivity index (χ1) is 19.4. The Morgan fingerprint density at radius 2 is 1.48 bits per heavy atom. The normalized spacial score (nSPS) is 18.1. The Kier molecular flexibility index (Phi) is 14.0. The van der Waals surface area contributed by atoms with Crippen LogP contribution in [0.2, 0.25) is 0 Å². The maximum Gasteiger partial charge on any atom is 0.490 e. The number of piperidine rings is 1. The highest BCUT2D eigenvalue weighted by Gasteiger charge is 2.47. The third-order valence-electron chi connectivity index (χ3n) is 6.51. The minimum Gasteiger partial charge on any atom is -0.493 e. The predicted octanol–water partition coefficient (Wildman–Crippen LogP) is 4.35. The van der Waals surface area contributed by atoms with Crippen molar-refractivity contribution in [1.82, 2.24) is 9.80 Å². The molecule has 2 aliphatic rings. The lowest BCUT2D eigenvalue weighted by atomic mass is 9.80. The van der Waals surface area contributed by atoms with E-state index in [9.17, 15) is 31.1 Å². The van der Waals surface area contributed by atoms with Crippen LogP contribution in [0.4, 0.5) is 26.3 Å². The number of hydrogen-bond donors (Lipinski definition) is 2. The van der Waals surface area contributed by atoms with Crippen molar-refractivity contribution in [3.05, 3.63) is 23.8 Å². The van der Waals surface area contributed by atoms with Crippen molar-refractivity contribution in [3.63, 3.8) is 0 Å². The zero-order chi connectivity index (χ0) is 32.3. The summed E-state index contributed by atoms with van der Waals surface area (Å²) in [5.74, 6) is -4.78. The molecule has 0 bridgehead atoms. The van der Waals surface area contributed by atoms with Gasteiger partial charge in [-0.1, -0.05) is 19.9 Å². The van der Waals surface area contributed by atoms with E-state index in [2.05, 4.69) is 23.6 Å². The van der Waals surface area contributed by atoms with Crippen molar-refractivity contribution in [1.29, 1.82) is 0 Å². The standard InChI is InChI=1S/C22H34N2O4.2C2HF3O2/c1-5-23(6-2)16-19-14-22(28-19)9-11-24(12-10-22)15-18-7-8-20(27-17(3)25)21(13-18)26-4;2*3-2(4,5)1(6)7/h7-8,13,19H,5-6,9-12,14-16H2,1-4H3;2*(H,6,7). The average Bonchev–Trinajstić information content (AvgIpc) is 2.87. The zero-order valence-corrected chi connectivity index (χ0v) is 23.7. The van der Waals surface area contributed by atoms with Gasteiger partial charge in [0.25, 0.3) is 0 Å². The molecule has 240 valence electrons. The van der Waals surface area contributed by atoms with E-state index < -0.39 is 24.3 Å². The maximum atomic E-state index is 11.2. The summed E-state index contributed by atoms with van der Waals surface area (Å²) in [6.07, 6.45) is -6.36. The molecule has 0 radical (unpaired) electrons. The van der Waals surface area contributed by atoms with Crippen LogP contribution in [-0.2, 0) is 25.7 Å². The fraction of sp³-hybridized carbons (Fsp3) is 0.654. The largest absolute Gasteiger partial charge is 0.493 e. The highest BCUT2D eigenvalue weighted by molar-refractivity contribution is 5.73. The molecular weight excluding hydrogens is 582 g/mol. The van der Waals surface area contributed by atoms with Gasteiger partial charge in [-0.05, 0) is 43.6 Å². The molecule has 2 heterocycles. The summed E-state index contributed by atoms with van der Waals surface area (Å²) >= 11 is 0. The Hall–Kier alpha value is -3.11. The highest BCUT2D eigenvalue weighted by Crippen LogP contribution is 2.42. The fourth-order valence-electron chi connectivity index (χ4n) is 4.38. The second-order valence-electron chi connectivity index (χ2n) is 9.57. The molecule has 0 amide bonds. The number of hydrogen-bond acceptors (Lipinski definition) is 8. The quantitative estimate of drug-likeness (QED) is 0.247. The average molecular weight is 619 g/mol. The van der Waals surface area contributed by atoms with E-state index >= 15 is 0 Å². The monoisotopic (exact) mass is 618 g/mol. The molecule has 1 aromatic rings. The number of carboxylic acids is 2. The van der Waals surface area contributed by atoms with E-state index in [4.69, 9.17) is 34.0 Å². The van der Waals surface area contributed by atoms with Gasteiger partial charge in [0.1, 0.15) is 0 Å². The van der Waals surface area contributed by atoms with Gasteiger partial charge >= 0.3 is 30.3 Å². The lowest BCUT2D eigenvalue weighted by Crippen LogP contribution is -2.59. The molecule has 1 aromatic carbocycles. The van der Waals surface area contributed by atoms with Gasteiger partial charge in [-0.2, -0.15) is 26.3 Å². The number of alkyl halides is 6. The fourth-order valence-corrected chi connectivity index (χ4v) is 4.38. The second-order valence-corrected chi connectivity index (χ2v) is 9.57. The summed E-state index contributed by atoms with van der Waals surface area (Å²) in [4.78, 5) is 33.9. The lowest BCUT2D eigenvalue weighted by Gasteiger charge is -2.53. The number of ether oxygens (including phenoxy) is 3. The van der Waals surface area contributed by atoms with Gasteiger partial charge in [0.2, 0.25) is 0 Å². The van der Waals surface area contributed by atoms with Crippen molar-refractivity contribution in [2.45, 2.75) is 70.6 Å². The number of aliphatic carboxylic acids is 2. The van der Waals surface area contributed by atoms with E-state index in [0.717, 1.165) is 57.7 Å². The molecule has 2 saturated heterocycles. The van der Waals surface area contributed by atoms with E-state index in [1.807, 2.05) is 18.2 Å². The van der Waals surface area contributed by atoms with Crippen molar-refractivity contribution >= 4 is 17.9 Å². The van der Waals surface area contributed by atoms with Crippen LogP contribution in [0.1, 0.15) is 45.6 Å². The molecule has 1 unspecified atom stereocenters. The first-order valence-electron chi connectivity index (χ1n) is 12.9. The van der Waals surface area contributed by atoms with Crippen LogP contribution in [0.5, 0.6) is 11.5 Å². The summed E-state index contributed by atoms with van der Waals surface area (Å²) in [6, 6.07) is 5.78. The van der Waals surface area contributed by atoms with Gasteiger partial charge in [0.15, 0.2) is 11.5 Å². The molecule has 0 aliphatic carbocycles. The molecule has 1 spiro atoms. The van der Waals surface area contributed by atoms with Crippen LogP contribution >= 0.6 is 0 Å². The number of carbonyl (C=O) groups is 3. The number of benzene rings is 1. The number of esters is 1. The molecule has 0 saturated carbocycles. The van der Waals surface area contributed by atoms with Crippen molar-refractivity contribution < 1.29 is 65.1 Å². The van der Waals surface area contributed by atoms with Crippen LogP contribution in [0.15, 0.2) is 18.2 Å². The third-order valence-corrected chi connectivity index (χ3v) is 6.51. The van der Waals surface area contributed by atoms with Gasteiger partial charge in [-0.25, -0.2) is 9.59 Å². The Bertz CT molecular complexity index is 1010. The first-order valence-corrected chi connectivity index (χ1v) is 12.9. The Morgan fingerprint density at radius 3 is 1.86 bits per heavy atom. The van der Waals surface area contributed by atoms with E-state index in [1.54, 1.807) is 7.11 Å². The van der Waals surface area contributed by atoms with Crippen LogP contribution < -0.4 is 9.47 Å². The maximum absolute atomic E-state index is 11.2. The molecule has 2 N–H and O–H groups in total. The highest BCUT2D eigenvalue weighted by atomic mass is 19.4. The molecule has 1 atom stereocenters. The van der Waals surface area contributed by atoms with Gasteiger partial charge in [-0.15, -0.1) is 0 Å². The molecular formula is C26H36F6N2O8. The van der Waals surface area contributed by atoms with Gasteiger partial charge in [0.05, 0.1) is 18.8 Å². The Labute approximate surface area is 239 Å². The Balaban J connectivity index is 0.000000522. The van der Waals surface area contributed by atoms with E-state index in [-0.39, 0.29) is 11.6 Å². The SMILES string of the molecule is CCN(CC)CC1CC2(CCN(Cc3ccc(OC(C)=O)c(OC)c3)CC2)O1.O=C(O)C(F)(F)F.O=C(O)C(F)(F)F. The topological polar surface area (TPSA) is 126 Å². The zero-order valence-electron chi connectivity index (χ0n) is 23.7. The van der Waals surface area contributed by atoms with Crippen molar-refractivity contribution in [2.24, 2.45) is 0 Å². The lowest BCUT2D eigenvalue weighted by molar-refractivity contribution is -0.229. The number of methoxy groups -OCH3 is 1. The minimum atomic E-state index is -5.08. The molecule has 10 nitrogen and oxygen atoms in total. The number of likely N-dealkylation sites (N-methyl/N-ethyl adjacent to an activating group) is 1. The van der Waals surface area contributed by atoms with Gasteiger partial charge in [0, 0.05) is 39.5 Å². The van der Waals surface area contributed by atoms with Crippen molar-refractivity contribution in [2.75, 3.05) is 39.8 Å². The number of carbonyl (C=O) groups excluding carboxylic acids is 1. The summed E-state index contributed by atoms with van der Waals surface area (Å²) in [5, 5.41) is 14.2. The van der Waals surface area contributed by atoms with Gasteiger partial charge < -0.3 is 29.3 Å². The minimum absolute atomic E-state index is 0.116. The predicted molar refractivity (Wildman–Crippen MR) is 136 cm³/mol. The molecule has 3 rings (SSSR count). The van der Waals surface area contributed by atoms with E-state index in [1.165, 1.54) is 13.3 Å². The summed E-state index contributed by atoms with van der Waals surface area (Å²) < 4.78 is 80.4. The molecule has 16 heteroatoms. The number of carboxylic acid groups (broad SMARTS) is 2. The number of likely N-dealkylation sites (tertiary alicyclic amines) is 1. The molecule has 42 heavy (non-hydrogen) atoms. The van der Waals surface area contributed by atoms with E-state index in [0.29, 0.717) is 17.6 Å². The molecule has 2 aliphatic heterocycles. The smallest absolute Gasteiger partial charge is 0.490 e. The second kappa shape index (κ2) is 15.9. The Morgan fingerprint density at radius 1 is 1.00 bits per heavy atom. The number of rotatable bonds is 8. The van der Waals surface area contributed by atoms with Crippen LogP contribution in [-0.4, -0.2) is 102 Å². The first kappa shape index (κ1) is 36.9. The number of nitrogens with zero attached hydrogens (tertiary/aromatic N) is 2. The van der Waals surface area contributed by atoms with Gasteiger partial charge in [-0.3, -0.25) is 9.69 Å². The number of halogens is 6. The summed E-state index contributed by atoms with van der Waals surface area (Å²) in [6.45, 7) is 12.0. The molecule has 0 aromatic heterocycles. The van der Waals surface area contributed by atoms with Crippen LogP contribution in [0.3, 0.4) is 0 Å². The van der Waals surface area contributed by atoms with Crippen molar-refractivity contribution in [3.8, 4) is 11.5 Å².